The van der Waals surface area contributed by atoms with Gasteiger partial charge in [0.1, 0.15) is 12.0 Å². The van der Waals surface area contributed by atoms with Crippen LogP contribution in [0.4, 0.5) is 0 Å². The summed E-state index contributed by atoms with van der Waals surface area (Å²) in [5, 5.41) is 2.12. The third-order valence-electron chi connectivity index (χ3n) is 7.12. The van der Waals surface area contributed by atoms with Crippen LogP contribution in [0.1, 0.15) is 52.0 Å². The quantitative estimate of drug-likeness (QED) is 0.755. The van der Waals surface area contributed by atoms with Gasteiger partial charge in [0, 0.05) is 24.7 Å². The molecule has 3 aliphatic rings. The lowest BCUT2D eigenvalue weighted by Crippen LogP contribution is -2.45. The van der Waals surface area contributed by atoms with Gasteiger partial charge in [0.05, 0.1) is 0 Å². The fourth-order valence-corrected chi connectivity index (χ4v) is 5.00. The first-order valence-electron chi connectivity index (χ1n) is 11.9. The van der Waals surface area contributed by atoms with E-state index in [2.05, 4.69) is 85.6 Å². The Labute approximate surface area is 189 Å². The zero-order valence-electron chi connectivity index (χ0n) is 19.7. The average Bonchev–Trinajstić information content (AvgIpc) is 2.94. The molecule has 0 bridgehead atoms. The van der Waals surface area contributed by atoms with Gasteiger partial charge in [-0.1, -0.05) is 57.2 Å². The summed E-state index contributed by atoms with van der Waals surface area (Å²) in [5.41, 5.74) is 6.46. The van der Waals surface area contributed by atoms with Crippen molar-refractivity contribution in [2.24, 2.45) is 22.2 Å². The second-order valence-corrected chi connectivity index (χ2v) is 10.5. The van der Waals surface area contributed by atoms with Crippen molar-refractivity contribution in [1.29, 1.82) is 0 Å². The summed E-state index contributed by atoms with van der Waals surface area (Å²) in [5.74, 6) is 2.53. The average molecular weight is 419 g/mol. The second-order valence-electron chi connectivity index (χ2n) is 10.5. The number of hydrogen-bond donors (Lipinski definition) is 1. The molecule has 1 aliphatic carbocycles. The second kappa shape index (κ2) is 9.59. The minimum atomic E-state index is 0.143. The molecule has 1 aromatic carbocycles. The number of nitrogens with zero attached hydrogens (tertiary/aromatic N) is 3. The van der Waals surface area contributed by atoms with Gasteiger partial charge in [-0.2, -0.15) is 0 Å². The molecule has 1 fully saturated rings. The molecule has 166 valence electrons. The van der Waals surface area contributed by atoms with Crippen LogP contribution in [0.5, 0.6) is 0 Å². The third kappa shape index (κ3) is 5.79. The van der Waals surface area contributed by atoms with Gasteiger partial charge in [-0.3, -0.25) is 9.91 Å². The van der Waals surface area contributed by atoms with Gasteiger partial charge >= 0.3 is 0 Å². The lowest BCUT2D eigenvalue weighted by molar-refractivity contribution is 0.161. The highest BCUT2D eigenvalue weighted by molar-refractivity contribution is 6.01. The predicted octanol–water partition coefficient (Wildman–Crippen LogP) is 4.65. The number of likely N-dealkylation sites (tertiary alicyclic amines) is 1. The fourth-order valence-electron chi connectivity index (χ4n) is 5.00. The van der Waals surface area contributed by atoms with E-state index in [1.807, 2.05) is 6.07 Å². The molecule has 4 heteroatoms. The molecule has 4 nitrogen and oxygen atoms in total. The van der Waals surface area contributed by atoms with Crippen molar-refractivity contribution in [2.45, 2.75) is 59.0 Å². The number of likely N-dealkylation sites (N-methyl/N-ethyl adjacent to an activating group) is 1. The van der Waals surface area contributed by atoms with Crippen LogP contribution in [0.3, 0.4) is 0 Å². The van der Waals surface area contributed by atoms with Crippen LogP contribution in [0.2, 0.25) is 0 Å². The third-order valence-corrected chi connectivity index (χ3v) is 7.12. The van der Waals surface area contributed by atoms with Crippen LogP contribution in [0.15, 0.2) is 47.0 Å². The minimum absolute atomic E-state index is 0.143. The van der Waals surface area contributed by atoms with Crippen LogP contribution in [-0.2, 0) is 6.42 Å². The molecule has 0 radical (unpaired) electrons. The van der Waals surface area contributed by atoms with Gasteiger partial charge < -0.3 is 0 Å². The fraction of sp³-hybridized carbons (Fsp3) is 0.593. The Balaban J connectivity index is 1.30. The van der Waals surface area contributed by atoms with Crippen molar-refractivity contribution in [1.82, 2.24) is 15.3 Å². The smallest absolute Gasteiger partial charge is 0.146 e. The van der Waals surface area contributed by atoms with Crippen LogP contribution < -0.4 is 5.43 Å². The number of allylic oxidation sites excluding steroid dienone is 2. The van der Waals surface area contributed by atoms with Gasteiger partial charge in [-0.05, 0) is 74.6 Å². The lowest BCUT2D eigenvalue weighted by Gasteiger charge is -2.33. The standard InChI is InChI=1S/C27H38N4/c1-27(2,3)24-12-8-11-23(13-14-24)26-28-25(29-30(26)4)20-31-17-15-22(16-18-31)19-21-9-6-5-7-10-21/h5-6,8-9,11,13,22,24-25,29H,12,14-20H2,1-4H3. The van der Waals surface area contributed by atoms with E-state index in [-0.39, 0.29) is 6.17 Å². The van der Waals surface area contributed by atoms with E-state index in [1.54, 1.807) is 0 Å². The molecule has 0 saturated carbocycles. The molecule has 2 unspecified atom stereocenters. The van der Waals surface area contributed by atoms with E-state index in [0.29, 0.717) is 11.3 Å². The highest BCUT2D eigenvalue weighted by Gasteiger charge is 2.29. The first-order valence-corrected chi connectivity index (χ1v) is 11.9. The molecule has 4 rings (SSSR count). The molecule has 1 N–H and O–H groups in total. The summed E-state index contributed by atoms with van der Waals surface area (Å²) in [4.78, 5) is 7.64. The van der Waals surface area contributed by atoms with Gasteiger partial charge in [0.2, 0.25) is 0 Å². The monoisotopic (exact) mass is 418 g/mol. The van der Waals surface area contributed by atoms with Crippen molar-refractivity contribution in [3.8, 4) is 0 Å². The topological polar surface area (TPSA) is 30.9 Å². The largest absolute Gasteiger partial charge is 0.300 e. The number of nitrogens with one attached hydrogen (secondary N) is 1. The van der Waals surface area contributed by atoms with E-state index >= 15 is 0 Å². The number of aliphatic imine (C=N–C) groups is 1. The van der Waals surface area contributed by atoms with Gasteiger partial charge in [-0.25, -0.2) is 10.4 Å². The molecule has 1 aromatic rings. The molecule has 2 heterocycles. The number of rotatable bonds is 5. The Bertz CT molecular complexity index is 809. The maximum absolute atomic E-state index is 5.06. The molecule has 31 heavy (non-hydrogen) atoms. The molecular formula is C27H38N4. The molecule has 1 saturated heterocycles. The molecule has 2 atom stereocenters. The summed E-state index contributed by atoms with van der Waals surface area (Å²) in [6.45, 7) is 10.3. The van der Waals surface area contributed by atoms with Crippen LogP contribution in [0.25, 0.3) is 0 Å². The van der Waals surface area contributed by atoms with E-state index in [4.69, 9.17) is 4.99 Å². The van der Waals surface area contributed by atoms with Gasteiger partial charge in [-0.15, -0.1) is 0 Å². The van der Waals surface area contributed by atoms with Crippen LogP contribution in [-0.4, -0.2) is 48.6 Å². The van der Waals surface area contributed by atoms with Crippen molar-refractivity contribution in [3.05, 3.63) is 59.7 Å². The SMILES string of the molecule is CN1NC(CN2CCC(Cc3c#cccc3)CC2)N=C1C1=CCC(C(C)(C)C)CC=C1. The Morgan fingerprint density at radius 2 is 2.00 bits per heavy atom. The Morgan fingerprint density at radius 1 is 1.19 bits per heavy atom. The van der Waals surface area contributed by atoms with Crippen molar-refractivity contribution in [3.63, 3.8) is 0 Å². The highest BCUT2D eigenvalue weighted by atomic mass is 15.6. The summed E-state index contributed by atoms with van der Waals surface area (Å²) >= 11 is 0. The van der Waals surface area contributed by atoms with E-state index < -0.39 is 0 Å². The maximum atomic E-state index is 5.06. The van der Waals surface area contributed by atoms with Crippen molar-refractivity contribution in [2.75, 3.05) is 26.7 Å². The van der Waals surface area contributed by atoms with Gasteiger partial charge in [0.15, 0.2) is 0 Å². The number of amidine groups is 1. The first-order chi connectivity index (χ1) is 14.9. The highest BCUT2D eigenvalue weighted by Crippen LogP contribution is 2.34. The lowest BCUT2D eigenvalue weighted by atomic mass is 9.77. The molecule has 0 aromatic heterocycles. The Morgan fingerprint density at radius 3 is 2.71 bits per heavy atom. The molecule has 0 amide bonds. The van der Waals surface area contributed by atoms with Crippen LogP contribution in [0, 0.1) is 29.4 Å². The maximum Gasteiger partial charge on any atom is 0.146 e. The summed E-state index contributed by atoms with van der Waals surface area (Å²) < 4.78 is 0. The van der Waals surface area contributed by atoms with Crippen LogP contribution >= 0.6 is 0 Å². The Kier molecular flexibility index (Phi) is 6.84. The summed E-state index contributed by atoms with van der Waals surface area (Å²) in [6.07, 6.45) is 13.0. The van der Waals surface area contributed by atoms with E-state index in [0.717, 1.165) is 50.7 Å². The molecule has 2 aliphatic heterocycles. The number of piperidine rings is 1. The zero-order chi connectivity index (χ0) is 21.8. The Hall–Kier alpha value is -2.09. The van der Waals surface area contributed by atoms with Crippen molar-refractivity contribution >= 4 is 5.84 Å². The summed E-state index contributed by atoms with van der Waals surface area (Å²) in [6, 6.07) is 12.5. The van der Waals surface area contributed by atoms with Gasteiger partial charge in [0.25, 0.3) is 0 Å². The van der Waals surface area contributed by atoms with E-state index in [1.165, 1.54) is 24.0 Å². The summed E-state index contributed by atoms with van der Waals surface area (Å²) in [7, 11) is 2.10. The van der Waals surface area contributed by atoms with Crippen molar-refractivity contribution < 1.29 is 0 Å². The normalized spacial score (nSPS) is 25.7. The number of hydrazine groups is 1. The zero-order valence-corrected chi connectivity index (χ0v) is 19.7. The molecule has 0 spiro atoms. The first kappa shape index (κ1) is 22.1. The minimum Gasteiger partial charge on any atom is -0.300 e. The predicted molar refractivity (Wildman–Crippen MR) is 129 cm³/mol. The van der Waals surface area contributed by atoms with E-state index in [9.17, 15) is 0 Å². The molecular weight excluding hydrogens is 380 g/mol. The number of hydrogen-bond acceptors (Lipinski definition) is 4.